The summed E-state index contributed by atoms with van der Waals surface area (Å²) >= 11 is 1.25. The zero-order chi connectivity index (χ0) is 19.9. The molecule has 2 N–H and O–H groups in total. The van der Waals surface area contributed by atoms with E-state index in [1.165, 1.54) is 11.8 Å². The average Bonchev–Trinajstić information content (AvgIpc) is 3.08. The van der Waals surface area contributed by atoms with Crippen molar-refractivity contribution in [3.63, 3.8) is 0 Å². The summed E-state index contributed by atoms with van der Waals surface area (Å²) in [5.41, 5.74) is 1.90. The quantitative estimate of drug-likeness (QED) is 0.627. The van der Waals surface area contributed by atoms with E-state index in [9.17, 15) is 9.59 Å². The van der Waals surface area contributed by atoms with Gasteiger partial charge in [0.15, 0.2) is 11.0 Å². The minimum Gasteiger partial charge on any atom is -0.334 e. The smallest absolute Gasteiger partial charge is 0.321 e. The maximum Gasteiger partial charge on any atom is 0.321 e. The number of amides is 3. The number of carbonyl (C=O) groups excluding carboxylic acids is 2. The molecule has 3 rings (SSSR count). The molecule has 0 aliphatic rings. The number of thioether (sulfide) groups is 1. The van der Waals surface area contributed by atoms with E-state index in [0.717, 1.165) is 17.0 Å². The van der Waals surface area contributed by atoms with Crippen LogP contribution >= 0.6 is 11.8 Å². The van der Waals surface area contributed by atoms with Crippen molar-refractivity contribution < 1.29 is 9.59 Å². The van der Waals surface area contributed by atoms with E-state index < -0.39 is 11.3 Å². The number of hydrogen-bond donors (Lipinski definition) is 2. The highest BCUT2D eigenvalue weighted by Gasteiger charge is 2.20. The Hall–Kier alpha value is -3.13. The van der Waals surface area contributed by atoms with Crippen LogP contribution < -0.4 is 10.6 Å². The van der Waals surface area contributed by atoms with Gasteiger partial charge in [-0.25, -0.2) is 4.79 Å². The summed E-state index contributed by atoms with van der Waals surface area (Å²) in [5.74, 6) is 0.330. The molecule has 0 aliphatic carbocycles. The first-order chi connectivity index (χ1) is 13.5. The zero-order valence-corrected chi connectivity index (χ0v) is 16.4. The van der Waals surface area contributed by atoms with Gasteiger partial charge in [-0.05, 0) is 12.5 Å². The lowest BCUT2D eigenvalue weighted by Gasteiger charge is -2.11. The molecule has 0 saturated carbocycles. The van der Waals surface area contributed by atoms with E-state index in [4.69, 9.17) is 0 Å². The van der Waals surface area contributed by atoms with Crippen LogP contribution in [0.1, 0.15) is 12.5 Å². The fraction of sp³-hybridized carbons (Fsp3) is 0.200. The van der Waals surface area contributed by atoms with E-state index in [-0.39, 0.29) is 5.91 Å². The summed E-state index contributed by atoms with van der Waals surface area (Å²) in [4.78, 5) is 24.3. The van der Waals surface area contributed by atoms with E-state index in [2.05, 4.69) is 20.8 Å². The number of nitrogens with zero attached hydrogens (tertiary/aromatic N) is 3. The van der Waals surface area contributed by atoms with E-state index in [1.54, 1.807) is 6.92 Å². The molecule has 1 atom stereocenters. The minimum absolute atomic E-state index is 0.352. The maximum atomic E-state index is 12.3. The molecule has 2 aromatic carbocycles. The SMILES string of the molecule is C[C@H](Sc1nnc(-c2ccccc2)n1C)C(=O)NC(=O)NCc1ccccc1. The van der Waals surface area contributed by atoms with Crippen molar-refractivity contribution in [3.8, 4) is 11.4 Å². The Morgan fingerprint density at radius 3 is 2.36 bits per heavy atom. The van der Waals surface area contributed by atoms with Crippen LogP contribution in [0.4, 0.5) is 4.79 Å². The molecule has 1 aromatic heterocycles. The molecule has 28 heavy (non-hydrogen) atoms. The van der Waals surface area contributed by atoms with Gasteiger partial charge in [0.05, 0.1) is 5.25 Å². The highest BCUT2D eigenvalue weighted by molar-refractivity contribution is 8.00. The van der Waals surface area contributed by atoms with Crippen molar-refractivity contribution >= 4 is 23.7 Å². The summed E-state index contributed by atoms with van der Waals surface area (Å²) in [6.07, 6.45) is 0. The van der Waals surface area contributed by atoms with Crippen molar-refractivity contribution in [3.05, 3.63) is 66.2 Å². The van der Waals surface area contributed by atoms with Gasteiger partial charge in [0.25, 0.3) is 0 Å². The third-order valence-electron chi connectivity index (χ3n) is 4.05. The van der Waals surface area contributed by atoms with Gasteiger partial charge in [-0.3, -0.25) is 10.1 Å². The number of rotatable bonds is 6. The monoisotopic (exact) mass is 395 g/mol. The number of urea groups is 1. The van der Waals surface area contributed by atoms with E-state index in [0.29, 0.717) is 11.7 Å². The van der Waals surface area contributed by atoms with Gasteiger partial charge in [-0.15, -0.1) is 10.2 Å². The molecule has 0 saturated heterocycles. The van der Waals surface area contributed by atoms with Crippen molar-refractivity contribution in [2.75, 3.05) is 0 Å². The van der Waals surface area contributed by atoms with Crippen molar-refractivity contribution in [2.45, 2.75) is 23.9 Å². The fourth-order valence-corrected chi connectivity index (χ4v) is 3.32. The maximum absolute atomic E-state index is 12.3. The largest absolute Gasteiger partial charge is 0.334 e. The standard InChI is InChI=1S/C20H21N5O2S/c1-14(18(26)22-19(27)21-13-15-9-5-3-6-10-15)28-20-24-23-17(25(20)2)16-11-7-4-8-12-16/h3-12,14H,13H2,1-2H3,(H2,21,22,26,27)/t14-/m0/s1. The average molecular weight is 395 g/mol. The van der Waals surface area contributed by atoms with Gasteiger partial charge < -0.3 is 9.88 Å². The van der Waals surface area contributed by atoms with Crippen molar-refractivity contribution in [1.82, 2.24) is 25.4 Å². The number of aromatic nitrogens is 3. The van der Waals surface area contributed by atoms with Crippen LogP contribution in [0, 0.1) is 0 Å². The molecular formula is C20H21N5O2S. The molecule has 8 heteroatoms. The minimum atomic E-state index is -0.524. The third-order valence-corrected chi connectivity index (χ3v) is 5.18. The van der Waals surface area contributed by atoms with Crippen LogP contribution in [0.3, 0.4) is 0 Å². The van der Waals surface area contributed by atoms with Gasteiger partial charge in [-0.2, -0.15) is 0 Å². The summed E-state index contributed by atoms with van der Waals surface area (Å²) in [6.45, 7) is 2.08. The summed E-state index contributed by atoms with van der Waals surface area (Å²) < 4.78 is 1.83. The van der Waals surface area contributed by atoms with Gasteiger partial charge in [0.2, 0.25) is 5.91 Å². The van der Waals surface area contributed by atoms with Crippen LogP contribution in [0.25, 0.3) is 11.4 Å². The van der Waals surface area contributed by atoms with Crippen LogP contribution in [0.15, 0.2) is 65.8 Å². The van der Waals surface area contributed by atoms with Crippen LogP contribution in [0.5, 0.6) is 0 Å². The number of carbonyl (C=O) groups is 2. The second-order valence-electron chi connectivity index (χ2n) is 6.15. The lowest BCUT2D eigenvalue weighted by molar-refractivity contribution is -0.119. The lowest BCUT2D eigenvalue weighted by Crippen LogP contribution is -2.42. The van der Waals surface area contributed by atoms with Crippen molar-refractivity contribution in [2.24, 2.45) is 7.05 Å². The molecule has 0 unspecified atom stereocenters. The first-order valence-electron chi connectivity index (χ1n) is 8.78. The number of nitrogens with one attached hydrogen (secondary N) is 2. The first kappa shape index (κ1) is 19.6. The highest BCUT2D eigenvalue weighted by atomic mass is 32.2. The molecule has 0 spiro atoms. The van der Waals surface area contributed by atoms with Crippen LogP contribution in [-0.4, -0.2) is 32.0 Å². The summed E-state index contributed by atoms with van der Waals surface area (Å²) in [7, 11) is 1.85. The highest BCUT2D eigenvalue weighted by Crippen LogP contribution is 2.25. The Balaban J connectivity index is 1.54. The lowest BCUT2D eigenvalue weighted by atomic mass is 10.2. The van der Waals surface area contributed by atoms with Crippen LogP contribution in [-0.2, 0) is 18.4 Å². The van der Waals surface area contributed by atoms with Gasteiger partial charge in [0.1, 0.15) is 0 Å². The molecule has 0 radical (unpaired) electrons. The fourth-order valence-electron chi connectivity index (χ4n) is 2.50. The third kappa shape index (κ3) is 4.98. The number of benzene rings is 2. The number of hydrogen-bond acceptors (Lipinski definition) is 5. The molecule has 1 heterocycles. The first-order valence-corrected chi connectivity index (χ1v) is 9.66. The predicted molar refractivity (Wildman–Crippen MR) is 109 cm³/mol. The summed E-state index contributed by atoms with van der Waals surface area (Å²) in [5, 5.41) is 13.5. The Bertz CT molecular complexity index is 944. The second kappa shape index (κ2) is 9.18. The number of imide groups is 1. The molecule has 0 bridgehead atoms. The van der Waals surface area contributed by atoms with Crippen LogP contribution in [0.2, 0.25) is 0 Å². The van der Waals surface area contributed by atoms with Gasteiger partial charge in [-0.1, -0.05) is 72.4 Å². The van der Waals surface area contributed by atoms with Gasteiger partial charge >= 0.3 is 6.03 Å². The van der Waals surface area contributed by atoms with E-state index in [1.807, 2.05) is 72.3 Å². The normalized spacial score (nSPS) is 11.6. The molecule has 3 aromatic rings. The zero-order valence-electron chi connectivity index (χ0n) is 15.6. The molecule has 3 amide bonds. The Kier molecular flexibility index (Phi) is 6.44. The van der Waals surface area contributed by atoms with Crippen molar-refractivity contribution in [1.29, 1.82) is 0 Å². The Morgan fingerprint density at radius 2 is 1.68 bits per heavy atom. The Labute approximate surface area is 167 Å². The molecular weight excluding hydrogens is 374 g/mol. The van der Waals surface area contributed by atoms with E-state index >= 15 is 0 Å². The molecule has 0 fully saturated rings. The molecule has 7 nitrogen and oxygen atoms in total. The topological polar surface area (TPSA) is 88.9 Å². The van der Waals surface area contributed by atoms with Gasteiger partial charge in [0, 0.05) is 19.2 Å². The second-order valence-corrected chi connectivity index (χ2v) is 7.46. The molecule has 144 valence electrons. The summed E-state index contributed by atoms with van der Waals surface area (Å²) in [6, 6.07) is 18.7. The Morgan fingerprint density at radius 1 is 1.04 bits per heavy atom. The molecule has 0 aliphatic heterocycles. The predicted octanol–water partition coefficient (Wildman–Crippen LogP) is 2.99.